The van der Waals surface area contributed by atoms with Crippen molar-refractivity contribution in [2.75, 3.05) is 0 Å². The van der Waals surface area contributed by atoms with Gasteiger partial charge in [0.25, 0.3) is 0 Å². The van der Waals surface area contributed by atoms with Crippen LogP contribution in [0.25, 0.3) is 0 Å². The largest absolute Gasteiger partial charge is 0.183 e. The van der Waals surface area contributed by atoms with E-state index < -0.39 is 10.2 Å². The van der Waals surface area contributed by atoms with E-state index in [1.165, 1.54) is 0 Å². The van der Waals surface area contributed by atoms with Crippen LogP contribution in [0, 0.1) is 10.2 Å². The number of rotatable bonds is 0. The van der Waals surface area contributed by atoms with Gasteiger partial charge >= 0.3 is 0 Å². The summed E-state index contributed by atoms with van der Waals surface area (Å²) in [5.74, 6) is 0. The molecule has 12 heavy (non-hydrogen) atoms. The van der Waals surface area contributed by atoms with Crippen LogP contribution in [0.2, 0.25) is 0 Å². The van der Waals surface area contributed by atoms with Crippen LogP contribution in [0.1, 0.15) is 0 Å². The van der Waals surface area contributed by atoms with Gasteiger partial charge < -0.3 is 0 Å². The van der Waals surface area contributed by atoms with Crippen molar-refractivity contribution in [2.45, 2.75) is 4.90 Å². The van der Waals surface area contributed by atoms with Gasteiger partial charge in [0.2, 0.25) is 0 Å². The Morgan fingerprint density at radius 2 is 1.42 bits per heavy atom. The van der Waals surface area contributed by atoms with Gasteiger partial charge in [-0.05, 0) is 12.1 Å². The zero-order chi connectivity index (χ0) is 9.61. The van der Waals surface area contributed by atoms with E-state index in [2.05, 4.69) is 12.6 Å². The number of halogens is 1. The molecule has 0 saturated heterocycles. The summed E-state index contributed by atoms with van der Waals surface area (Å²) < 4.78 is 32.7. The SMILES string of the molecule is Sc1ccccc1.[O-][Cl+3]([O-])([O-])O. The lowest BCUT2D eigenvalue weighted by Gasteiger charge is -2.03. The van der Waals surface area contributed by atoms with Gasteiger partial charge in [-0.3, -0.25) is 0 Å². The van der Waals surface area contributed by atoms with E-state index >= 15 is 0 Å². The summed E-state index contributed by atoms with van der Waals surface area (Å²) in [5.41, 5.74) is 0. The maximum atomic E-state index is 8.60. The summed E-state index contributed by atoms with van der Waals surface area (Å²) in [6.45, 7) is 0. The highest BCUT2D eigenvalue weighted by Crippen LogP contribution is 2.00. The molecule has 1 N–H and O–H groups in total. The molecule has 0 amide bonds. The molecule has 1 rings (SSSR count). The molecular formula is C6H7ClO4S. The van der Waals surface area contributed by atoms with Gasteiger partial charge in [-0.25, -0.2) is 0 Å². The van der Waals surface area contributed by atoms with Crippen molar-refractivity contribution in [3.63, 3.8) is 0 Å². The van der Waals surface area contributed by atoms with Crippen LogP contribution in [0.3, 0.4) is 0 Å². The predicted molar refractivity (Wildman–Crippen MR) is 35.9 cm³/mol. The lowest BCUT2D eigenvalue weighted by atomic mass is 10.4. The van der Waals surface area contributed by atoms with Crippen molar-refractivity contribution in [3.8, 4) is 0 Å². The number of hydrogen-bond donors (Lipinski definition) is 2. The Hall–Kier alpha value is -0.300. The second kappa shape index (κ2) is 5.36. The van der Waals surface area contributed by atoms with Crippen LogP contribution in [0.4, 0.5) is 0 Å². The first kappa shape index (κ1) is 11.7. The first-order valence-corrected chi connectivity index (χ1v) is 4.48. The summed E-state index contributed by atoms with van der Waals surface area (Å²) in [6, 6.07) is 9.79. The molecule has 0 aromatic heterocycles. The van der Waals surface area contributed by atoms with E-state index in [4.69, 9.17) is 18.6 Å². The van der Waals surface area contributed by atoms with Crippen LogP contribution >= 0.6 is 12.6 Å². The smallest absolute Gasteiger partial charge is 0.0777 e. The highest BCUT2D eigenvalue weighted by molar-refractivity contribution is 7.80. The molecule has 0 atom stereocenters. The van der Waals surface area contributed by atoms with Gasteiger partial charge in [0.05, 0.1) is 14.9 Å². The molecule has 6 heteroatoms. The first-order chi connectivity index (χ1) is 5.39. The van der Waals surface area contributed by atoms with E-state index in [9.17, 15) is 0 Å². The van der Waals surface area contributed by atoms with Gasteiger partial charge in [0, 0.05) is 4.90 Å². The third-order valence-electron chi connectivity index (χ3n) is 0.756. The van der Waals surface area contributed by atoms with Crippen molar-refractivity contribution in [2.24, 2.45) is 0 Å². The van der Waals surface area contributed by atoms with Crippen LogP contribution in [0.15, 0.2) is 35.2 Å². The predicted octanol–water partition coefficient (Wildman–Crippen LogP) is -2.15. The fourth-order valence-electron chi connectivity index (χ4n) is 0.428. The van der Waals surface area contributed by atoms with Crippen molar-refractivity contribution >= 4 is 12.6 Å². The molecule has 0 bridgehead atoms. The van der Waals surface area contributed by atoms with Crippen molar-refractivity contribution in [1.82, 2.24) is 0 Å². The summed E-state index contributed by atoms with van der Waals surface area (Å²) in [7, 11) is -4.69. The summed E-state index contributed by atoms with van der Waals surface area (Å²) in [6.07, 6.45) is 0. The number of hydrogen-bond acceptors (Lipinski definition) is 5. The monoisotopic (exact) mass is 210 g/mol. The van der Waals surface area contributed by atoms with E-state index in [-0.39, 0.29) is 0 Å². The number of thiol groups is 1. The molecule has 0 radical (unpaired) electrons. The minimum Gasteiger partial charge on any atom is -0.183 e. The zero-order valence-electron chi connectivity index (χ0n) is 5.88. The maximum Gasteiger partial charge on any atom is 0.0777 e. The van der Waals surface area contributed by atoms with Crippen LogP contribution < -0.4 is 14.0 Å². The Morgan fingerprint density at radius 3 is 1.58 bits per heavy atom. The summed E-state index contributed by atoms with van der Waals surface area (Å²) in [5, 5.41) is 0. The van der Waals surface area contributed by atoms with E-state index in [1.54, 1.807) is 0 Å². The molecule has 0 aliphatic rings. The molecular weight excluding hydrogens is 204 g/mol. The number of benzene rings is 1. The van der Waals surface area contributed by atoms with Crippen molar-refractivity contribution in [1.29, 1.82) is 0 Å². The molecule has 4 nitrogen and oxygen atoms in total. The lowest BCUT2D eigenvalue weighted by molar-refractivity contribution is -1.92. The molecule has 0 aliphatic heterocycles. The van der Waals surface area contributed by atoms with Gasteiger partial charge in [-0.2, -0.15) is 14.0 Å². The average molecular weight is 211 g/mol. The minimum atomic E-state index is -4.69. The van der Waals surface area contributed by atoms with Gasteiger partial charge in [-0.1, -0.05) is 18.2 Å². The fourth-order valence-corrected chi connectivity index (χ4v) is 0.600. The highest BCUT2D eigenvalue weighted by atomic mass is 35.7. The molecule has 0 aliphatic carbocycles. The van der Waals surface area contributed by atoms with Crippen LogP contribution in [-0.4, -0.2) is 4.66 Å². The van der Waals surface area contributed by atoms with Crippen LogP contribution in [0.5, 0.6) is 0 Å². The Bertz CT molecular complexity index is 205. The zero-order valence-corrected chi connectivity index (χ0v) is 7.53. The molecule has 0 heterocycles. The molecule has 1 aromatic rings. The standard InChI is InChI=1S/C6H6S.ClHO4/c7-6-4-2-1-3-5-6;2-1(3,4)5/h1-5,7H;(H,2,3,4,5). The average Bonchev–Trinajstić information content (AvgIpc) is 1.85. The van der Waals surface area contributed by atoms with Gasteiger partial charge in [-0.15, -0.1) is 12.6 Å². The Morgan fingerprint density at radius 1 is 1.08 bits per heavy atom. The Balaban J connectivity index is 0.000000217. The third kappa shape index (κ3) is 12.4. The van der Waals surface area contributed by atoms with Crippen molar-refractivity contribution < 1.29 is 28.9 Å². The van der Waals surface area contributed by atoms with Crippen LogP contribution in [-0.2, 0) is 0 Å². The van der Waals surface area contributed by atoms with E-state index in [0.717, 1.165) is 4.90 Å². The molecule has 0 spiro atoms. The Kier molecular flexibility index (Phi) is 5.23. The quantitative estimate of drug-likeness (QED) is 0.478. The first-order valence-electron chi connectivity index (χ1n) is 2.77. The summed E-state index contributed by atoms with van der Waals surface area (Å²) >= 11 is 4.08. The van der Waals surface area contributed by atoms with E-state index in [0.29, 0.717) is 0 Å². The topological polar surface area (TPSA) is 89.4 Å². The third-order valence-corrected chi connectivity index (χ3v) is 1.05. The lowest BCUT2D eigenvalue weighted by Crippen LogP contribution is -2.58. The fraction of sp³-hybridized carbons (Fsp3) is 0. The van der Waals surface area contributed by atoms with Crippen molar-refractivity contribution in [3.05, 3.63) is 30.3 Å². The normalized spacial score (nSPS) is 10.1. The highest BCUT2D eigenvalue weighted by Gasteiger charge is 1.98. The summed E-state index contributed by atoms with van der Waals surface area (Å²) in [4.78, 5) is 1.02. The van der Waals surface area contributed by atoms with Gasteiger partial charge in [0.15, 0.2) is 0 Å². The molecule has 1 aromatic carbocycles. The second-order valence-electron chi connectivity index (χ2n) is 1.73. The minimum absolute atomic E-state index is 1.02. The Labute approximate surface area is 77.2 Å². The van der Waals surface area contributed by atoms with E-state index in [1.807, 2.05) is 30.3 Å². The maximum absolute atomic E-state index is 8.60. The molecule has 0 saturated carbocycles. The molecule has 0 fully saturated rings. The molecule has 0 unspecified atom stereocenters. The van der Waals surface area contributed by atoms with Gasteiger partial charge in [0.1, 0.15) is 0 Å². The molecule has 68 valence electrons. The second-order valence-corrected chi connectivity index (χ2v) is 3.04.